The molecule has 0 aliphatic carbocycles. The Kier molecular flexibility index (Phi) is 4.81. The number of nitrogens with one attached hydrogen (secondary N) is 2. The van der Waals surface area contributed by atoms with Crippen molar-refractivity contribution in [2.45, 2.75) is 12.1 Å². The smallest absolute Gasteiger partial charge is 0.424 e. The largest absolute Gasteiger partial charge is 0.492 e. The lowest BCUT2D eigenvalue weighted by atomic mass is 10.3. The molecule has 2 amide bonds. The molecular formula is C13H15ClF3N3O3. The van der Waals surface area contributed by atoms with Crippen molar-refractivity contribution in [3.63, 3.8) is 0 Å². The van der Waals surface area contributed by atoms with E-state index in [1.54, 1.807) is 24.3 Å². The average Bonchev–Trinajstić information content (AvgIpc) is 2.76. The van der Waals surface area contributed by atoms with Gasteiger partial charge in [-0.15, -0.1) is 0 Å². The van der Waals surface area contributed by atoms with Gasteiger partial charge in [0.15, 0.2) is 11.5 Å². The Bertz CT molecular complexity index is 598. The number of urea groups is 1. The van der Waals surface area contributed by atoms with E-state index in [9.17, 15) is 18.0 Å². The number of amides is 2. The molecule has 128 valence electrons. The molecule has 2 rings (SSSR count). The Hall–Kier alpha value is -1.87. The van der Waals surface area contributed by atoms with Crippen LogP contribution in [0.3, 0.4) is 0 Å². The Labute approximate surface area is 135 Å². The van der Waals surface area contributed by atoms with E-state index in [-0.39, 0.29) is 23.1 Å². The van der Waals surface area contributed by atoms with Gasteiger partial charge in [0.05, 0.1) is 0 Å². The number of hydrogen-bond acceptors (Lipinski definition) is 4. The summed E-state index contributed by atoms with van der Waals surface area (Å²) in [5, 5.41) is 4.17. The molecule has 1 aliphatic heterocycles. The van der Waals surface area contributed by atoms with E-state index in [2.05, 4.69) is 5.32 Å². The van der Waals surface area contributed by atoms with E-state index in [1.165, 1.54) is 18.2 Å². The van der Waals surface area contributed by atoms with Crippen molar-refractivity contribution >= 4 is 17.6 Å². The molecule has 23 heavy (non-hydrogen) atoms. The summed E-state index contributed by atoms with van der Waals surface area (Å²) < 4.78 is 49.7. The summed E-state index contributed by atoms with van der Waals surface area (Å²) in [5.74, 6) is -3.66. The molecule has 0 radical (unpaired) electrons. The van der Waals surface area contributed by atoms with Gasteiger partial charge >= 0.3 is 18.1 Å². The zero-order valence-corrected chi connectivity index (χ0v) is 13.1. The predicted octanol–water partition coefficient (Wildman–Crippen LogP) is 2.19. The quantitative estimate of drug-likeness (QED) is 0.871. The molecule has 1 atom stereocenters. The first-order chi connectivity index (χ1) is 10.6. The predicted molar refractivity (Wildman–Crippen MR) is 76.6 cm³/mol. The van der Waals surface area contributed by atoms with Gasteiger partial charge in [-0.25, -0.2) is 4.79 Å². The van der Waals surface area contributed by atoms with Crippen molar-refractivity contribution in [1.29, 1.82) is 0 Å². The number of carbonyl (C=O) groups is 1. The number of ether oxygens (including phenoxy) is 2. The van der Waals surface area contributed by atoms with Crippen molar-refractivity contribution in [3.05, 3.63) is 23.2 Å². The van der Waals surface area contributed by atoms with E-state index in [0.717, 1.165) is 0 Å². The molecule has 0 fully saturated rings. The number of likely N-dealkylation sites (N-methyl/N-ethyl adjacent to an activating group) is 1. The first-order valence-corrected chi connectivity index (χ1v) is 6.96. The lowest BCUT2D eigenvalue weighted by Crippen LogP contribution is -2.66. The number of halogens is 4. The van der Waals surface area contributed by atoms with Crippen LogP contribution in [0.15, 0.2) is 18.2 Å². The fourth-order valence-electron chi connectivity index (χ4n) is 1.80. The third-order valence-electron chi connectivity index (χ3n) is 2.91. The fourth-order valence-corrected chi connectivity index (χ4v) is 1.96. The molecule has 1 unspecified atom stereocenters. The summed E-state index contributed by atoms with van der Waals surface area (Å²) in [5.41, 5.74) is 0. The van der Waals surface area contributed by atoms with Gasteiger partial charge in [0.1, 0.15) is 0 Å². The van der Waals surface area contributed by atoms with Crippen LogP contribution in [0.4, 0.5) is 18.0 Å². The molecule has 0 saturated heterocycles. The molecule has 0 saturated carbocycles. The second kappa shape index (κ2) is 6.32. The molecule has 0 spiro atoms. The van der Waals surface area contributed by atoms with Crippen LogP contribution in [-0.4, -0.2) is 50.2 Å². The number of carbonyl (C=O) groups excluding carboxylic acids is 1. The van der Waals surface area contributed by atoms with Crippen LogP contribution in [0.1, 0.15) is 0 Å². The first kappa shape index (κ1) is 17.5. The highest BCUT2D eigenvalue weighted by atomic mass is 35.5. The fraction of sp³-hybridized carbons (Fsp3) is 0.462. The normalized spacial score (nSPS) is 19.8. The summed E-state index contributed by atoms with van der Waals surface area (Å²) in [7, 11) is 3.53. The van der Waals surface area contributed by atoms with Crippen molar-refractivity contribution in [3.8, 4) is 11.5 Å². The van der Waals surface area contributed by atoms with Gasteiger partial charge < -0.3 is 19.7 Å². The number of rotatable bonds is 4. The number of hydrogen-bond donors (Lipinski definition) is 2. The van der Waals surface area contributed by atoms with Crippen LogP contribution in [0, 0.1) is 0 Å². The van der Waals surface area contributed by atoms with Crippen LogP contribution < -0.4 is 20.1 Å². The van der Waals surface area contributed by atoms with E-state index in [4.69, 9.17) is 21.1 Å². The molecular weight excluding hydrogens is 339 g/mol. The van der Waals surface area contributed by atoms with Crippen molar-refractivity contribution in [1.82, 2.24) is 15.5 Å². The van der Waals surface area contributed by atoms with Gasteiger partial charge in [0.25, 0.3) is 0 Å². The Morgan fingerprint density at radius 3 is 2.57 bits per heavy atom. The summed E-state index contributed by atoms with van der Waals surface area (Å²) in [4.78, 5) is 13.5. The van der Waals surface area contributed by atoms with Gasteiger partial charge in [0, 0.05) is 24.2 Å². The molecule has 6 nitrogen and oxygen atoms in total. The maximum absolute atomic E-state index is 13.4. The van der Waals surface area contributed by atoms with Gasteiger partial charge in [-0.3, -0.25) is 5.32 Å². The van der Waals surface area contributed by atoms with Crippen LogP contribution in [0.5, 0.6) is 11.5 Å². The molecule has 0 aromatic heterocycles. The highest BCUT2D eigenvalue weighted by molar-refractivity contribution is 6.30. The van der Waals surface area contributed by atoms with Crippen molar-refractivity contribution in [2.75, 3.05) is 27.2 Å². The maximum Gasteiger partial charge on any atom is 0.492 e. The second-order valence-corrected chi connectivity index (χ2v) is 5.53. The molecule has 10 heteroatoms. The monoisotopic (exact) mass is 353 g/mol. The zero-order valence-electron chi connectivity index (χ0n) is 12.3. The Balaban J connectivity index is 2.12. The summed E-state index contributed by atoms with van der Waals surface area (Å²) in [6, 6.07) is 2.70. The molecule has 0 bridgehead atoms. The summed E-state index contributed by atoms with van der Waals surface area (Å²) in [6.45, 7) is 0.621. The third-order valence-corrected chi connectivity index (χ3v) is 3.14. The van der Waals surface area contributed by atoms with Gasteiger partial charge in [0.2, 0.25) is 0 Å². The van der Waals surface area contributed by atoms with Crippen LogP contribution in [0.25, 0.3) is 0 Å². The second-order valence-electron chi connectivity index (χ2n) is 5.09. The van der Waals surface area contributed by atoms with Gasteiger partial charge in [-0.1, -0.05) is 11.6 Å². The molecule has 1 aromatic rings. The average molecular weight is 354 g/mol. The number of fused-ring (bicyclic) bond motifs is 1. The Morgan fingerprint density at radius 1 is 1.30 bits per heavy atom. The van der Waals surface area contributed by atoms with Crippen molar-refractivity contribution in [2.24, 2.45) is 0 Å². The maximum atomic E-state index is 13.4. The summed E-state index contributed by atoms with van der Waals surface area (Å²) >= 11 is 5.71. The van der Waals surface area contributed by atoms with Crippen LogP contribution in [-0.2, 0) is 0 Å². The molecule has 1 aliphatic rings. The SMILES string of the molecule is CN(C)CCNC(=O)NC1(C(F)(F)F)Oc2ccc(Cl)cc2O1. The standard InChI is InChI=1S/C13H15ClF3N3O3/c1-20(2)6-5-18-11(21)19-13(12(15,16)17)22-9-4-3-8(14)7-10(9)23-13/h3-4,7H,5-6H2,1-2H3,(H2,18,19,21). The summed E-state index contributed by atoms with van der Waals surface area (Å²) in [6.07, 6.45) is -5.00. The Morgan fingerprint density at radius 2 is 1.96 bits per heavy atom. The number of benzene rings is 1. The minimum Gasteiger partial charge on any atom is -0.424 e. The molecule has 1 heterocycles. The number of nitrogens with zero attached hydrogens (tertiary/aromatic N) is 1. The topological polar surface area (TPSA) is 62.8 Å². The van der Waals surface area contributed by atoms with Gasteiger partial charge in [-0.05, 0) is 26.2 Å². The van der Waals surface area contributed by atoms with E-state index >= 15 is 0 Å². The van der Waals surface area contributed by atoms with Crippen molar-refractivity contribution < 1.29 is 27.4 Å². The molecule has 1 aromatic carbocycles. The third kappa shape index (κ3) is 3.91. The highest BCUT2D eigenvalue weighted by Gasteiger charge is 2.65. The zero-order chi connectivity index (χ0) is 17.3. The van der Waals surface area contributed by atoms with Crippen LogP contribution in [0.2, 0.25) is 5.02 Å². The molecule has 2 N–H and O–H groups in total. The lowest BCUT2D eigenvalue weighted by Gasteiger charge is -2.29. The van der Waals surface area contributed by atoms with Crippen LogP contribution >= 0.6 is 11.6 Å². The van der Waals surface area contributed by atoms with E-state index < -0.39 is 18.1 Å². The first-order valence-electron chi connectivity index (χ1n) is 6.58. The minimum atomic E-state index is -5.00. The highest BCUT2D eigenvalue weighted by Crippen LogP contribution is 2.45. The number of alkyl halides is 3. The van der Waals surface area contributed by atoms with E-state index in [0.29, 0.717) is 6.54 Å². The lowest BCUT2D eigenvalue weighted by molar-refractivity contribution is -0.317. The van der Waals surface area contributed by atoms with Gasteiger partial charge in [-0.2, -0.15) is 13.2 Å². The minimum absolute atomic E-state index is 0.158. The van der Waals surface area contributed by atoms with E-state index in [1.807, 2.05) is 0 Å².